The molecule has 2 aromatic carbocycles. The van der Waals surface area contributed by atoms with Gasteiger partial charge < -0.3 is 4.74 Å². The van der Waals surface area contributed by atoms with Gasteiger partial charge in [-0.15, -0.1) is 0 Å². The van der Waals surface area contributed by atoms with E-state index in [9.17, 15) is 13.2 Å². The summed E-state index contributed by atoms with van der Waals surface area (Å²) in [7, 11) is -2.48. The molecule has 1 aliphatic rings. The van der Waals surface area contributed by atoms with Gasteiger partial charge in [0, 0.05) is 13.1 Å². The van der Waals surface area contributed by atoms with Crippen molar-refractivity contribution in [1.82, 2.24) is 9.62 Å². The summed E-state index contributed by atoms with van der Waals surface area (Å²) in [4.78, 5) is 14.1. The van der Waals surface area contributed by atoms with Crippen molar-refractivity contribution in [2.45, 2.75) is 37.2 Å². The normalized spacial score (nSPS) is 15.3. The Morgan fingerprint density at radius 3 is 2.46 bits per heavy atom. The average Bonchev–Trinajstić information content (AvgIpc) is 2.73. The molecule has 1 N–H and O–H groups in total. The van der Waals surface area contributed by atoms with E-state index in [1.54, 1.807) is 0 Å². The SMILES string of the molecule is COC(=O)c1cccc(S(=O)(=O)NCc2ccccc2CN2CCCCC2)c1. The number of methoxy groups -OCH3 is 1. The van der Waals surface area contributed by atoms with E-state index in [0.29, 0.717) is 0 Å². The van der Waals surface area contributed by atoms with E-state index in [1.807, 2.05) is 18.2 Å². The molecule has 3 rings (SSSR count). The molecule has 150 valence electrons. The molecule has 1 aliphatic heterocycles. The molecular weight excluding hydrogens is 376 g/mol. The van der Waals surface area contributed by atoms with Crippen LogP contribution in [-0.2, 0) is 27.8 Å². The summed E-state index contributed by atoms with van der Waals surface area (Å²) < 4.78 is 32.7. The molecule has 6 nitrogen and oxygen atoms in total. The lowest BCUT2D eigenvalue weighted by Crippen LogP contribution is -2.30. The van der Waals surface area contributed by atoms with Gasteiger partial charge in [-0.1, -0.05) is 36.8 Å². The Bertz CT molecular complexity index is 922. The fourth-order valence-corrected chi connectivity index (χ4v) is 4.46. The first-order chi connectivity index (χ1) is 13.5. The summed E-state index contributed by atoms with van der Waals surface area (Å²) in [6, 6.07) is 13.8. The number of likely N-dealkylation sites (tertiary alicyclic amines) is 1. The van der Waals surface area contributed by atoms with Crippen molar-refractivity contribution < 1.29 is 17.9 Å². The summed E-state index contributed by atoms with van der Waals surface area (Å²) in [5.74, 6) is -0.566. The Balaban J connectivity index is 1.72. The number of ether oxygens (including phenoxy) is 1. The molecule has 1 heterocycles. The van der Waals surface area contributed by atoms with E-state index >= 15 is 0 Å². The molecule has 28 heavy (non-hydrogen) atoms. The molecule has 0 aromatic heterocycles. The smallest absolute Gasteiger partial charge is 0.337 e. The zero-order valence-corrected chi connectivity index (χ0v) is 16.9. The minimum Gasteiger partial charge on any atom is -0.465 e. The monoisotopic (exact) mass is 402 g/mol. The highest BCUT2D eigenvalue weighted by Gasteiger charge is 2.18. The molecular formula is C21H26N2O4S. The Morgan fingerprint density at radius 1 is 1.04 bits per heavy atom. The van der Waals surface area contributed by atoms with Crippen LogP contribution in [0.3, 0.4) is 0 Å². The van der Waals surface area contributed by atoms with Gasteiger partial charge in [-0.25, -0.2) is 17.9 Å². The van der Waals surface area contributed by atoms with Gasteiger partial charge in [0.15, 0.2) is 0 Å². The first kappa shape index (κ1) is 20.5. The molecule has 2 aromatic rings. The standard InChI is InChI=1S/C21H26N2O4S/c1-27-21(24)17-10-7-11-20(14-17)28(25,26)22-15-18-8-3-4-9-19(18)16-23-12-5-2-6-13-23/h3-4,7-11,14,22H,2,5-6,12-13,15-16H2,1H3. The van der Waals surface area contributed by atoms with E-state index in [-0.39, 0.29) is 17.0 Å². The summed E-state index contributed by atoms with van der Waals surface area (Å²) >= 11 is 0. The number of rotatable bonds is 7. The Hall–Kier alpha value is -2.22. The second-order valence-corrected chi connectivity index (χ2v) is 8.72. The van der Waals surface area contributed by atoms with Crippen molar-refractivity contribution in [1.29, 1.82) is 0 Å². The van der Waals surface area contributed by atoms with E-state index in [2.05, 4.69) is 20.4 Å². The van der Waals surface area contributed by atoms with Gasteiger partial charge in [-0.05, 0) is 55.3 Å². The Labute approximate surface area is 166 Å². The lowest BCUT2D eigenvalue weighted by Gasteiger charge is -2.27. The van der Waals surface area contributed by atoms with Crippen molar-refractivity contribution in [3.05, 3.63) is 65.2 Å². The quantitative estimate of drug-likeness (QED) is 0.721. The van der Waals surface area contributed by atoms with Crippen LogP contribution >= 0.6 is 0 Å². The van der Waals surface area contributed by atoms with E-state index in [4.69, 9.17) is 0 Å². The average molecular weight is 403 g/mol. The molecule has 1 saturated heterocycles. The summed E-state index contributed by atoms with van der Waals surface area (Å²) in [6.45, 7) is 3.20. The highest BCUT2D eigenvalue weighted by Crippen LogP contribution is 2.18. The van der Waals surface area contributed by atoms with Crippen molar-refractivity contribution >= 4 is 16.0 Å². The van der Waals surface area contributed by atoms with Crippen LogP contribution in [-0.4, -0.2) is 39.5 Å². The third-order valence-corrected chi connectivity index (χ3v) is 6.38. The van der Waals surface area contributed by atoms with E-state index < -0.39 is 16.0 Å². The van der Waals surface area contributed by atoms with Crippen molar-refractivity contribution in [2.24, 2.45) is 0 Å². The zero-order valence-electron chi connectivity index (χ0n) is 16.1. The Kier molecular flexibility index (Phi) is 6.83. The maximum atomic E-state index is 12.7. The molecule has 0 spiro atoms. The van der Waals surface area contributed by atoms with Gasteiger partial charge in [-0.3, -0.25) is 4.90 Å². The lowest BCUT2D eigenvalue weighted by molar-refractivity contribution is 0.0600. The van der Waals surface area contributed by atoms with Gasteiger partial charge in [0.25, 0.3) is 0 Å². The van der Waals surface area contributed by atoms with Crippen LogP contribution in [0.25, 0.3) is 0 Å². The van der Waals surface area contributed by atoms with Gasteiger partial charge in [0.1, 0.15) is 0 Å². The van der Waals surface area contributed by atoms with Crippen LogP contribution in [0.2, 0.25) is 0 Å². The van der Waals surface area contributed by atoms with Crippen LogP contribution in [0.4, 0.5) is 0 Å². The van der Waals surface area contributed by atoms with Crippen LogP contribution in [0.5, 0.6) is 0 Å². The number of hydrogen-bond donors (Lipinski definition) is 1. The number of carbonyl (C=O) groups excluding carboxylic acids is 1. The first-order valence-corrected chi connectivity index (χ1v) is 10.9. The minimum absolute atomic E-state index is 0.0453. The number of sulfonamides is 1. The van der Waals surface area contributed by atoms with Crippen LogP contribution < -0.4 is 4.72 Å². The molecule has 0 atom stereocenters. The van der Waals surface area contributed by atoms with E-state index in [0.717, 1.165) is 30.8 Å². The highest BCUT2D eigenvalue weighted by molar-refractivity contribution is 7.89. The number of hydrogen-bond acceptors (Lipinski definition) is 5. The van der Waals surface area contributed by atoms with Crippen molar-refractivity contribution in [3.8, 4) is 0 Å². The largest absolute Gasteiger partial charge is 0.465 e. The molecule has 0 saturated carbocycles. The Morgan fingerprint density at radius 2 is 1.75 bits per heavy atom. The fraction of sp³-hybridized carbons (Fsp3) is 0.381. The van der Waals surface area contributed by atoms with Crippen LogP contribution in [0.1, 0.15) is 40.7 Å². The van der Waals surface area contributed by atoms with Crippen molar-refractivity contribution in [2.75, 3.05) is 20.2 Å². The predicted octanol–water partition coefficient (Wildman–Crippen LogP) is 2.94. The lowest BCUT2D eigenvalue weighted by atomic mass is 10.1. The third kappa shape index (κ3) is 5.19. The maximum Gasteiger partial charge on any atom is 0.337 e. The fourth-order valence-electron chi connectivity index (χ4n) is 3.41. The number of carbonyl (C=O) groups is 1. The first-order valence-electron chi connectivity index (χ1n) is 9.47. The predicted molar refractivity (Wildman–Crippen MR) is 107 cm³/mol. The van der Waals surface area contributed by atoms with Gasteiger partial charge in [0.2, 0.25) is 10.0 Å². The molecule has 0 unspecified atom stereocenters. The van der Waals surface area contributed by atoms with Gasteiger partial charge >= 0.3 is 5.97 Å². The zero-order chi connectivity index (χ0) is 20.0. The third-order valence-electron chi connectivity index (χ3n) is 4.98. The number of benzene rings is 2. The molecule has 0 radical (unpaired) electrons. The number of esters is 1. The highest BCUT2D eigenvalue weighted by atomic mass is 32.2. The second kappa shape index (κ2) is 9.32. The number of nitrogens with zero attached hydrogens (tertiary/aromatic N) is 1. The summed E-state index contributed by atoms with van der Waals surface area (Å²) in [5, 5.41) is 0. The van der Waals surface area contributed by atoms with Gasteiger partial charge in [0.05, 0.1) is 17.6 Å². The van der Waals surface area contributed by atoms with Crippen LogP contribution in [0.15, 0.2) is 53.4 Å². The van der Waals surface area contributed by atoms with E-state index in [1.165, 1.54) is 50.6 Å². The van der Waals surface area contributed by atoms with Crippen molar-refractivity contribution in [3.63, 3.8) is 0 Å². The molecule has 7 heteroatoms. The van der Waals surface area contributed by atoms with Gasteiger partial charge in [-0.2, -0.15) is 0 Å². The topological polar surface area (TPSA) is 75.7 Å². The molecule has 0 aliphatic carbocycles. The number of piperidine rings is 1. The molecule has 1 fully saturated rings. The maximum absolute atomic E-state index is 12.7. The summed E-state index contributed by atoms with van der Waals surface area (Å²) in [5.41, 5.74) is 2.30. The summed E-state index contributed by atoms with van der Waals surface area (Å²) in [6.07, 6.45) is 3.71. The number of nitrogens with one attached hydrogen (secondary N) is 1. The molecule has 0 bridgehead atoms. The van der Waals surface area contributed by atoms with Crippen LogP contribution in [0, 0.1) is 0 Å². The molecule has 0 amide bonds. The minimum atomic E-state index is -3.74. The second-order valence-electron chi connectivity index (χ2n) is 6.95.